The maximum absolute atomic E-state index is 13.0. The molecule has 0 amide bonds. The zero-order valence-electron chi connectivity index (χ0n) is 17.0. The van der Waals surface area contributed by atoms with E-state index in [-0.39, 0.29) is 22.8 Å². The number of esters is 2. The molecule has 3 rings (SSSR count). The molecule has 0 aliphatic heterocycles. The van der Waals surface area contributed by atoms with Gasteiger partial charge in [-0.2, -0.15) is 0 Å². The molecule has 0 unspecified atom stereocenters. The average molecular weight is 406 g/mol. The molecule has 0 radical (unpaired) electrons. The van der Waals surface area contributed by atoms with E-state index in [1.54, 1.807) is 0 Å². The van der Waals surface area contributed by atoms with E-state index in [4.69, 9.17) is 18.9 Å². The molecule has 6 heteroatoms. The molecule has 0 aliphatic carbocycles. The Morgan fingerprint density at radius 1 is 0.767 bits per heavy atom. The van der Waals surface area contributed by atoms with Crippen molar-refractivity contribution in [2.24, 2.45) is 0 Å². The molecule has 0 aliphatic rings. The third-order valence-electron chi connectivity index (χ3n) is 4.37. The lowest BCUT2D eigenvalue weighted by atomic mass is 10.0. The van der Waals surface area contributed by atoms with Gasteiger partial charge in [-0.3, -0.25) is 4.79 Å². The van der Waals surface area contributed by atoms with Crippen LogP contribution in [0, 0.1) is 0 Å². The number of benzene rings is 3. The molecule has 6 nitrogen and oxygen atoms in total. The van der Waals surface area contributed by atoms with Gasteiger partial charge in [0.05, 0.1) is 19.8 Å². The average Bonchev–Trinajstić information content (AvgIpc) is 2.78. The first-order valence-electron chi connectivity index (χ1n) is 9.28. The molecule has 154 valence electrons. The minimum Gasteiger partial charge on any atom is -0.493 e. The van der Waals surface area contributed by atoms with Crippen LogP contribution in [0.1, 0.15) is 34.5 Å². The Morgan fingerprint density at radius 3 is 1.63 bits per heavy atom. The van der Waals surface area contributed by atoms with Gasteiger partial charge in [-0.25, -0.2) is 4.79 Å². The fraction of sp³-hybridized carbons (Fsp3) is 0.167. The van der Waals surface area contributed by atoms with Crippen LogP contribution in [-0.2, 0) is 9.53 Å². The zero-order chi connectivity index (χ0) is 21.5. The van der Waals surface area contributed by atoms with Crippen molar-refractivity contribution in [1.82, 2.24) is 0 Å². The summed E-state index contributed by atoms with van der Waals surface area (Å²) < 4.78 is 21.6. The van der Waals surface area contributed by atoms with Gasteiger partial charge >= 0.3 is 11.9 Å². The Bertz CT molecular complexity index is 950. The second-order valence-electron chi connectivity index (χ2n) is 6.41. The SMILES string of the molecule is COc1cc(C(=O)OC(c2ccccc2)c2ccccc2)cc(OC)c1OC(C)=O. The molecule has 0 bridgehead atoms. The summed E-state index contributed by atoms with van der Waals surface area (Å²) >= 11 is 0. The third kappa shape index (κ3) is 4.78. The molecule has 0 saturated carbocycles. The molecule has 0 fully saturated rings. The fourth-order valence-corrected chi connectivity index (χ4v) is 3.00. The summed E-state index contributed by atoms with van der Waals surface area (Å²) in [6.07, 6.45) is -0.593. The summed E-state index contributed by atoms with van der Waals surface area (Å²) in [5.41, 5.74) is 1.89. The van der Waals surface area contributed by atoms with Crippen LogP contribution in [0.2, 0.25) is 0 Å². The van der Waals surface area contributed by atoms with Crippen molar-refractivity contribution in [3.05, 3.63) is 89.5 Å². The Morgan fingerprint density at radius 2 is 1.23 bits per heavy atom. The van der Waals surface area contributed by atoms with Crippen molar-refractivity contribution >= 4 is 11.9 Å². The zero-order valence-corrected chi connectivity index (χ0v) is 17.0. The molecule has 3 aromatic carbocycles. The van der Waals surface area contributed by atoms with Gasteiger partial charge in [0, 0.05) is 6.92 Å². The van der Waals surface area contributed by atoms with Crippen LogP contribution in [0.15, 0.2) is 72.8 Å². The molecule has 0 spiro atoms. The van der Waals surface area contributed by atoms with Gasteiger partial charge in [-0.05, 0) is 23.3 Å². The third-order valence-corrected chi connectivity index (χ3v) is 4.37. The monoisotopic (exact) mass is 406 g/mol. The highest BCUT2D eigenvalue weighted by atomic mass is 16.6. The van der Waals surface area contributed by atoms with Crippen LogP contribution in [0.3, 0.4) is 0 Å². The minimum atomic E-state index is -0.593. The van der Waals surface area contributed by atoms with Gasteiger partial charge in [-0.1, -0.05) is 60.7 Å². The van der Waals surface area contributed by atoms with Gasteiger partial charge in [0.1, 0.15) is 0 Å². The second kappa shape index (κ2) is 9.60. The Labute approximate surface area is 175 Å². The summed E-state index contributed by atoms with van der Waals surface area (Å²) in [5.74, 6) is -0.625. The Kier molecular flexibility index (Phi) is 6.70. The summed E-state index contributed by atoms with van der Waals surface area (Å²) in [6.45, 7) is 1.27. The first kappa shape index (κ1) is 20.9. The van der Waals surface area contributed by atoms with E-state index in [0.717, 1.165) is 11.1 Å². The predicted octanol–water partition coefficient (Wildman–Crippen LogP) is 4.58. The number of carbonyl (C=O) groups excluding carboxylic acids is 2. The highest BCUT2D eigenvalue weighted by molar-refractivity contribution is 5.92. The van der Waals surface area contributed by atoms with Crippen molar-refractivity contribution in [3.8, 4) is 17.2 Å². The molecule has 0 N–H and O–H groups in total. The quantitative estimate of drug-likeness (QED) is 0.423. The van der Waals surface area contributed by atoms with E-state index in [9.17, 15) is 9.59 Å². The Hall–Kier alpha value is -3.80. The van der Waals surface area contributed by atoms with E-state index in [2.05, 4.69) is 0 Å². The number of rotatable bonds is 7. The van der Waals surface area contributed by atoms with Crippen molar-refractivity contribution in [1.29, 1.82) is 0 Å². The highest BCUT2D eigenvalue weighted by Crippen LogP contribution is 2.39. The van der Waals surface area contributed by atoms with E-state index in [1.165, 1.54) is 33.3 Å². The van der Waals surface area contributed by atoms with Gasteiger partial charge in [0.2, 0.25) is 5.75 Å². The lowest BCUT2D eigenvalue weighted by Gasteiger charge is -2.20. The number of hydrogen-bond acceptors (Lipinski definition) is 6. The van der Waals surface area contributed by atoms with Gasteiger partial charge < -0.3 is 18.9 Å². The van der Waals surface area contributed by atoms with E-state index in [0.29, 0.717) is 0 Å². The van der Waals surface area contributed by atoms with Crippen LogP contribution in [-0.4, -0.2) is 26.2 Å². The summed E-state index contributed by atoms with van der Waals surface area (Å²) in [6, 6.07) is 21.9. The van der Waals surface area contributed by atoms with Crippen molar-refractivity contribution in [2.75, 3.05) is 14.2 Å². The predicted molar refractivity (Wildman–Crippen MR) is 111 cm³/mol. The largest absolute Gasteiger partial charge is 0.493 e. The van der Waals surface area contributed by atoms with Crippen LogP contribution < -0.4 is 14.2 Å². The first-order valence-corrected chi connectivity index (χ1v) is 9.28. The molecule has 0 atom stereocenters. The minimum absolute atomic E-state index is 0.103. The standard InChI is InChI=1S/C24H22O6/c1-16(25)29-23-20(27-2)14-19(15-21(23)28-3)24(26)30-22(17-10-6-4-7-11-17)18-12-8-5-9-13-18/h4-15,22H,1-3H3. The molecule has 3 aromatic rings. The van der Waals surface area contributed by atoms with E-state index >= 15 is 0 Å². The van der Waals surface area contributed by atoms with Crippen LogP contribution in [0.5, 0.6) is 17.2 Å². The maximum atomic E-state index is 13.0. The lowest BCUT2D eigenvalue weighted by molar-refractivity contribution is -0.132. The molecular formula is C24H22O6. The number of hydrogen-bond donors (Lipinski definition) is 0. The van der Waals surface area contributed by atoms with E-state index < -0.39 is 18.0 Å². The molecule has 0 heterocycles. The van der Waals surface area contributed by atoms with Crippen LogP contribution in [0.25, 0.3) is 0 Å². The summed E-state index contributed by atoms with van der Waals surface area (Å²) in [5, 5.41) is 0. The number of methoxy groups -OCH3 is 2. The fourth-order valence-electron chi connectivity index (χ4n) is 3.00. The molecular weight excluding hydrogens is 384 g/mol. The second-order valence-corrected chi connectivity index (χ2v) is 6.41. The summed E-state index contributed by atoms with van der Waals surface area (Å²) in [7, 11) is 2.82. The first-order chi connectivity index (χ1) is 14.5. The van der Waals surface area contributed by atoms with Gasteiger partial charge in [0.25, 0.3) is 0 Å². The van der Waals surface area contributed by atoms with Crippen molar-refractivity contribution in [3.63, 3.8) is 0 Å². The molecule has 0 saturated heterocycles. The lowest BCUT2D eigenvalue weighted by Crippen LogP contribution is -2.14. The Balaban J connectivity index is 1.97. The van der Waals surface area contributed by atoms with Crippen LogP contribution in [0.4, 0.5) is 0 Å². The highest BCUT2D eigenvalue weighted by Gasteiger charge is 2.24. The van der Waals surface area contributed by atoms with Crippen LogP contribution >= 0.6 is 0 Å². The number of carbonyl (C=O) groups is 2. The summed E-state index contributed by atoms with van der Waals surface area (Å²) in [4.78, 5) is 24.4. The van der Waals surface area contributed by atoms with Crippen molar-refractivity contribution < 1.29 is 28.5 Å². The molecule has 0 aromatic heterocycles. The van der Waals surface area contributed by atoms with Crippen molar-refractivity contribution in [2.45, 2.75) is 13.0 Å². The maximum Gasteiger partial charge on any atom is 0.339 e. The number of ether oxygens (including phenoxy) is 4. The normalized spacial score (nSPS) is 10.4. The topological polar surface area (TPSA) is 71.1 Å². The van der Waals surface area contributed by atoms with E-state index in [1.807, 2.05) is 60.7 Å². The van der Waals surface area contributed by atoms with Gasteiger partial charge in [0.15, 0.2) is 17.6 Å². The molecule has 30 heavy (non-hydrogen) atoms. The van der Waals surface area contributed by atoms with Gasteiger partial charge in [-0.15, -0.1) is 0 Å². The smallest absolute Gasteiger partial charge is 0.339 e.